The lowest BCUT2D eigenvalue weighted by atomic mass is 10.2. The van der Waals surface area contributed by atoms with Crippen LogP contribution in [0.25, 0.3) is 0 Å². The van der Waals surface area contributed by atoms with Gasteiger partial charge in [0, 0.05) is 13.2 Å². The number of carbonyl (C=O) groups is 2. The maximum atomic E-state index is 11.6. The highest BCUT2D eigenvalue weighted by atomic mass is 16.5. The monoisotopic (exact) mass is 279 g/mol. The van der Waals surface area contributed by atoms with E-state index >= 15 is 0 Å². The summed E-state index contributed by atoms with van der Waals surface area (Å²) in [6, 6.07) is 2.87. The van der Waals surface area contributed by atoms with Crippen molar-refractivity contribution >= 4 is 17.7 Å². The Labute approximate surface area is 116 Å². The number of anilines is 1. The third-order valence-electron chi connectivity index (χ3n) is 2.93. The second-order valence-electron chi connectivity index (χ2n) is 4.58. The highest BCUT2D eigenvalue weighted by molar-refractivity contribution is 5.89. The fourth-order valence-electron chi connectivity index (χ4n) is 1.95. The van der Waals surface area contributed by atoms with E-state index in [-0.39, 0.29) is 18.6 Å². The van der Waals surface area contributed by atoms with Gasteiger partial charge in [-0.2, -0.15) is 0 Å². The molecule has 0 spiro atoms. The number of hydrogen-bond donors (Lipinski definition) is 3. The van der Waals surface area contributed by atoms with E-state index in [0.717, 1.165) is 19.4 Å². The molecule has 0 bridgehead atoms. The van der Waals surface area contributed by atoms with Crippen LogP contribution in [0.3, 0.4) is 0 Å². The van der Waals surface area contributed by atoms with Gasteiger partial charge in [0.25, 0.3) is 0 Å². The normalized spacial score (nSPS) is 17.7. The summed E-state index contributed by atoms with van der Waals surface area (Å²) in [4.78, 5) is 26.1. The van der Waals surface area contributed by atoms with Crippen LogP contribution in [0.1, 0.15) is 18.5 Å². The SMILES string of the molecule is O=C(O)Cc1ccc(NC(=O)NCC2CCCO2)cn1. The van der Waals surface area contributed by atoms with Crippen LogP contribution in [0.5, 0.6) is 0 Å². The van der Waals surface area contributed by atoms with E-state index in [9.17, 15) is 9.59 Å². The standard InChI is InChI=1S/C13H17N3O4/c17-12(18)6-9-3-4-10(7-14-9)16-13(19)15-8-11-2-1-5-20-11/h3-4,7,11H,1-2,5-6,8H2,(H,17,18)(H2,15,16,19). The number of ether oxygens (including phenoxy) is 1. The number of urea groups is 1. The summed E-state index contributed by atoms with van der Waals surface area (Å²) in [5.74, 6) is -0.937. The third-order valence-corrected chi connectivity index (χ3v) is 2.93. The smallest absolute Gasteiger partial charge is 0.319 e. The molecule has 7 heteroatoms. The molecular weight excluding hydrogens is 262 g/mol. The van der Waals surface area contributed by atoms with Gasteiger partial charge in [-0.05, 0) is 25.0 Å². The van der Waals surface area contributed by atoms with Gasteiger partial charge in [-0.3, -0.25) is 9.78 Å². The van der Waals surface area contributed by atoms with Gasteiger partial charge in [0.15, 0.2) is 0 Å². The minimum absolute atomic E-state index is 0.0943. The first-order valence-electron chi connectivity index (χ1n) is 6.46. The molecule has 1 aliphatic heterocycles. The molecule has 2 heterocycles. The molecule has 1 aromatic heterocycles. The Hall–Kier alpha value is -2.15. The van der Waals surface area contributed by atoms with E-state index in [0.29, 0.717) is 17.9 Å². The second kappa shape index (κ2) is 6.85. The Morgan fingerprint density at radius 1 is 1.45 bits per heavy atom. The number of nitrogens with one attached hydrogen (secondary N) is 2. The Morgan fingerprint density at radius 2 is 2.30 bits per heavy atom. The summed E-state index contributed by atoms with van der Waals surface area (Å²) in [5.41, 5.74) is 0.965. The molecule has 3 N–H and O–H groups in total. The highest BCUT2D eigenvalue weighted by Gasteiger charge is 2.16. The van der Waals surface area contributed by atoms with Crippen LogP contribution in [-0.4, -0.2) is 41.3 Å². The molecule has 1 atom stereocenters. The lowest BCUT2D eigenvalue weighted by Gasteiger charge is -2.11. The Bertz CT molecular complexity index is 469. The molecular formula is C13H17N3O4. The van der Waals surface area contributed by atoms with Crippen molar-refractivity contribution in [2.45, 2.75) is 25.4 Å². The number of aliphatic carboxylic acids is 1. The summed E-state index contributed by atoms with van der Waals surface area (Å²) in [7, 11) is 0. The van der Waals surface area contributed by atoms with E-state index in [1.54, 1.807) is 12.1 Å². The predicted molar refractivity (Wildman–Crippen MR) is 71.6 cm³/mol. The van der Waals surface area contributed by atoms with Crippen LogP contribution >= 0.6 is 0 Å². The molecule has 1 aromatic rings. The number of carboxylic acids is 1. The Morgan fingerprint density at radius 3 is 2.90 bits per heavy atom. The topological polar surface area (TPSA) is 101 Å². The first kappa shape index (κ1) is 14.3. The van der Waals surface area contributed by atoms with E-state index in [1.807, 2.05) is 0 Å². The van der Waals surface area contributed by atoms with Gasteiger partial charge in [0.2, 0.25) is 0 Å². The van der Waals surface area contributed by atoms with Crippen LogP contribution in [0, 0.1) is 0 Å². The Kier molecular flexibility index (Phi) is 4.89. The minimum atomic E-state index is -0.937. The highest BCUT2D eigenvalue weighted by Crippen LogP contribution is 2.11. The number of nitrogens with zero attached hydrogens (tertiary/aromatic N) is 1. The van der Waals surface area contributed by atoms with Crippen molar-refractivity contribution in [2.24, 2.45) is 0 Å². The first-order valence-corrected chi connectivity index (χ1v) is 6.46. The lowest BCUT2D eigenvalue weighted by molar-refractivity contribution is -0.136. The summed E-state index contributed by atoms with van der Waals surface area (Å²) in [6.07, 6.45) is 3.39. The largest absolute Gasteiger partial charge is 0.481 e. The van der Waals surface area contributed by atoms with Crippen molar-refractivity contribution in [3.63, 3.8) is 0 Å². The number of pyridine rings is 1. The maximum Gasteiger partial charge on any atom is 0.319 e. The number of aromatic nitrogens is 1. The van der Waals surface area contributed by atoms with Gasteiger partial charge >= 0.3 is 12.0 Å². The van der Waals surface area contributed by atoms with Crippen LogP contribution in [0.2, 0.25) is 0 Å². The molecule has 20 heavy (non-hydrogen) atoms. The molecule has 0 aromatic carbocycles. The van der Waals surface area contributed by atoms with Crippen molar-refractivity contribution in [1.29, 1.82) is 0 Å². The van der Waals surface area contributed by atoms with E-state index in [4.69, 9.17) is 9.84 Å². The summed E-state index contributed by atoms with van der Waals surface area (Å²) >= 11 is 0. The minimum Gasteiger partial charge on any atom is -0.481 e. The quantitative estimate of drug-likeness (QED) is 0.746. The van der Waals surface area contributed by atoms with E-state index < -0.39 is 5.97 Å². The summed E-state index contributed by atoms with van der Waals surface area (Å²) in [5, 5.41) is 14.0. The zero-order valence-electron chi connectivity index (χ0n) is 11.0. The number of carboxylic acid groups (broad SMARTS) is 1. The molecule has 1 saturated heterocycles. The molecule has 108 valence electrons. The van der Waals surface area contributed by atoms with Crippen LogP contribution in [-0.2, 0) is 16.0 Å². The molecule has 1 aliphatic rings. The van der Waals surface area contributed by atoms with Crippen molar-refractivity contribution < 1.29 is 19.4 Å². The second-order valence-corrected chi connectivity index (χ2v) is 4.58. The molecule has 0 saturated carbocycles. The zero-order chi connectivity index (χ0) is 14.4. The van der Waals surface area contributed by atoms with Crippen LogP contribution in [0.15, 0.2) is 18.3 Å². The molecule has 0 radical (unpaired) electrons. The molecule has 2 amide bonds. The van der Waals surface area contributed by atoms with Crippen molar-refractivity contribution in [3.05, 3.63) is 24.0 Å². The van der Waals surface area contributed by atoms with E-state index in [1.165, 1.54) is 6.20 Å². The van der Waals surface area contributed by atoms with Crippen molar-refractivity contribution in [2.75, 3.05) is 18.5 Å². The van der Waals surface area contributed by atoms with Crippen molar-refractivity contribution in [1.82, 2.24) is 10.3 Å². The summed E-state index contributed by atoms with van der Waals surface area (Å²) in [6.45, 7) is 1.24. The van der Waals surface area contributed by atoms with Gasteiger partial charge < -0.3 is 20.5 Å². The summed E-state index contributed by atoms with van der Waals surface area (Å²) < 4.78 is 5.40. The van der Waals surface area contributed by atoms with Gasteiger partial charge in [0.05, 0.1) is 30.1 Å². The van der Waals surface area contributed by atoms with Gasteiger partial charge in [-0.15, -0.1) is 0 Å². The lowest BCUT2D eigenvalue weighted by Crippen LogP contribution is -2.35. The Balaban J connectivity index is 1.76. The molecule has 1 fully saturated rings. The first-order chi connectivity index (χ1) is 9.63. The number of hydrogen-bond acceptors (Lipinski definition) is 4. The number of amides is 2. The average molecular weight is 279 g/mol. The maximum absolute atomic E-state index is 11.6. The number of rotatable bonds is 5. The van der Waals surface area contributed by atoms with Crippen LogP contribution in [0.4, 0.5) is 10.5 Å². The van der Waals surface area contributed by atoms with E-state index in [2.05, 4.69) is 15.6 Å². The molecule has 1 unspecified atom stereocenters. The average Bonchev–Trinajstić information content (AvgIpc) is 2.91. The predicted octanol–water partition coefficient (Wildman–Crippen LogP) is 1.01. The van der Waals surface area contributed by atoms with Gasteiger partial charge in [0.1, 0.15) is 0 Å². The zero-order valence-corrected chi connectivity index (χ0v) is 11.0. The fourth-order valence-corrected chi connectivity index (χ4v) is 1.95. The fraction of sp³-hybridized carbons (Fsp3) is 0.462. The van der Waals surface area contributed by atoms with Crippen LogP contribution < -0.4 is 10.6 Å². The molecule has 7 nitrogen and oxygen atoms in total. The molecule has 2 rings (SSSR count). The number of carbonyl (C=O) groups excluding carboxylic acids is 1. The molecule has 0 aliphatic carbocycles. The van der Waals surface area contributed by atoms with Crippen molar-refractivity contribution in [3.8, 4) is 0 Å². The third kappa shape index (κ3) is 4.51. The van der Waals surface area contributed by atoms with Gasteiger partial charge in [-0.25, -0.2) is 4.79 Å². The van der Waals surface area contributed by atoms with Gasteiger partial charge in [-0.1, -0.05) is 0 Å².